The predicted molar refractivity (Wildman–Crippen MR) is 65.1 cm³/mol. The molecule has 80 valence electrons. The molecule has 0 aliphatic carbocycles. The van der Waals surface area contributed by atoms with E-state index in [0.29, 0.717) is 6.54 Å². The minimum absolute atomic E-state index is 0.532. The molecule has 0 saturated heterocycles. The minimum Gasteiger partial charge on any atom is -0.497 e. The molecule has 15 heavy (non-hydrogen) atoms. The number of ether oxygens (including phenoxy) is 1. The summed E-state index contributed by atoms with van der Waals surface area (Å²) in [6, 6.07) is 6.01. The van der Waals surface area contributed by atoms with Crippen molar-refractivity contribution in [3.63, 3.8) is 0 Å². The molecule has 0 bridgehead atoms. The zero-order chi connectivity index (χ0) is 11.0. The summed E-state index contributed by atoms with van der Waals surface area (Å²) in [5, 5.41) is 1.17. The van der Waals surface area contributed by atoms with Crippen LogP contribution in [0.15, 0.2) is 22.8 Å². The first-order valence-electron chi connectivity index (χ1n) is 4.70. The molecule has 0 unspecified atom stereocenters. The lowest BCUT2D eigenvalue weighted by molar-refractivity contribution is 0.415. The quantitative estimate of drug-likeness (QED) is 0.909. The van der Waals surface area contributed by atoms with E-state index in [4.69, 9.17) is 10.5 Å². The molecule has 1 heterocycles. The molecule has 0 amide bonds. The number of methoxy groups -OCH3 is 1. The fraction of sp³-hybridized carbons (Fsp3) is 0.273. The van der Waals surface area contributed by atoms with Crippen molar-refractivity contribution in [2.24, 2.45) is 12.8 Å². The van der Waals surface area contributed by atoms with E-state index in [1.807, 2.05) is 25.2 Å². The standard InChI is InChI=1S/C11H13BrN2O/c1-14-10-5-7(15-2)3-4-8(10)9(6-13)11(14)12/h3-5H,6,13H2,1-2H3. The zero-order valence-electron chi connectivity index (χ0n) is 8.75. The Hall–Kier alpha value is -1.00. The van der Waals surface area contributed by atoms with Crippen LogP contribution in [0.25, 0.3) is 10.9 Å². The minimum atomic E-state index is 0.532. The zero-order valence-corrected chi connectivity index (χ0v) is 10.3. The molecule has 1 aromatic carbocycles. The van der Waals surface area contributed by atoms with Gasteiger partial charge in [-0.2, -0.15) is 0 Å². The summed E-state index contributed by atoms with van der Waals surface area (Å²) in [4.78, 5) is 0. The highest BCUT2D eigenvalue weighted by Crippen LogP contribution is 2.31. The highest BCUT2D eigenvalue weighted by Gasteiger charge is 2.11. The van der Waals surface area contributed by atoms with E-state index in [-0.39, 0.29) is 0 Å². The van der Waals surface area contributed by atoms with Crippen LogP contribution in [0.2, 0.25) is 0 Å². The molecule has 1 aromatic heterocycles. The Morgan fingerprint density at radius 1 is 1.47 bits per heavy atom. The van der Waals surface area contributed by atoms with E-state index in [9.17, 15) is 0 Å². The van der Waals surface area contributed by atoms with Gasteiger partial charge in [-0.15, -0.1) is 0 Å². The Kier molecular flexibility index (Phi) is 2.71. The maximum atomic E-state index is 5.73. The van der Waals surface area contributed by atoms with Gasteiger partial charge in [0.1, 0.15) is 5.75 Å². The van der Waals surface area contributed by atoms with Gasteiger partial charge in [0.05, 0.1) is 17.2 Å². The summed E-state index contributed by atoms with van der Waals surface area (Å²) in [7, 11) is 3.67. The number of nitrogens with two attached hydrogens (primary N) is 1. The van der Waals surface area contributed by atoms with Crippen LogP contribution < -0.4 is 10.5 Å². The van der Waals surface area contributed by atoms with Crippen LogP contribution in [0, 0.1) is 0 Å². The maximum absolute atomic E-state index is 5.73. The number of benzene rings is 1. The highest BCUT2D eigenvalue weighted by atomic mass is 79.9. The van der Waals surface area contributed by atoms with Crippen molar-refractivity contribution in [3.8, 4) is 5.75 Å². The summed E-state index contributed by atoms with van der Waals surface area (Å²) in [5.41, 5.74) is 7.99. The van der Waals surface area contributed by atoms with E-state index in [1.165, 1.54) is 5.39 Å². The van der Waals surface area contributed by atoms with Gasteiger partial charge in [0, 0.05) is 30.6 Å². The smallest absolute Gasteiger partial charge is 0.120 e. The fourth-order valence-electron chi connectivity index (χ4n) is 1.78. The first-order valence-corrected chi connectivity index (χ1v) is 5.49. The van der Waals surface area contributed by atoms with Crippen molar-refractivity contribution < 1.29 is 4.74 Å². The van der Waals surface area contributed by atoms with Gasteiger partial charge < -0.3 is 15.0 Å². The van der Waals surface area contributed by atoms with Gasteiger partial charge in [-0.25, -0.2) is 0 Å². The van der Waals surface area contributed by atoms with Gasteiger partial charge in [-0.1, -0.05) is 0 Å². The number of aromatic nitrogens is 1. The van der Waals surface area contributed by atoms with Crippen molar-refractivity contribution >= 4 is 26.8 Å². The molecule has 3 nitrogen and oxygen atoms in total. The van der Waals surface area contributed by atoms with Crippen LogP contribution in [0.4, 0.5) is 0 Å². The van der Waals surface area contributed by atoms with Crippen LogP contribution in [0.1, 0.15) is 5.56 Å². The third-order valence-corrected chi connectivity index (χ3v) is 3.65. The Balaban J connectivity index is 2.78. The van der Waals surface area contributed by atoms with Crippen LogP contribution in [-0.4, -0.2) is 11.7 Å². The number of rotatable bonds is 2. The molecule has 0 atom stereocenters. The number of hydrogen-bond donors (Lipinski definition) is 1. The van der Waals surface area contributed by atoms with Crippen molar-refractivity contribution in [3.05, 3.63) is 28.4 Å². The van der Waals surface area contributed by atoms with Crippen LogP contribution in [-0.2, 0) is 13.6 Å². The van der Waals surface area contributed by atoms with E-state index in [1.54, 1.807) is 7.11 Å². The predicted octanol–water partition coefficient (Wildman–Crippen LogP) is 2.41. The van der Waals surface area contributed by atoms with E-state index in [0.717, 1.165) is 21.4 Å². The summed E-state index contributed by atoms with van der Waals surface area (Å²) in [6.45, 7) is 0.532. The molecule has 2 aromatic rings. The average molecular weight is 269 g/mol. The monoisotopic (exact) mass is 268 g/mol. The normalized spacial score (nSPS) is 10.9. The van der Waals surface area contributed by atoms with Gasteiger partial charge in [0.15, 0.2) is 0 Å². The molecular formula is C11H13BrN2O. The molecule has 2 N–H and O–H groups in total. The number of hydrogen-bond acceptors (Lipinski definition) is 2. The molecule has 0 fully saturated rings. The third-order valence-electron chi connectivity index (χ3n) is 2.64. The second-order valence-corrected chi connectivity index (χ2v) is 4.17. The molecule has 0 aliphatic rings. The van der Waals surface area contributed by atoms with Crippen molar-refractivity contribution in [2.75, 3.05) is 7.11 Å². The van der Waals surface area contributed by atoms with Gasteiger partial charge in [0.25, 0.3) is 0 Å². The van der Waals surface area contributed by atoms with Crippen LogP contribution in [0.3, 0.4) is 0 Å². The van der Waals surface area contributed by atoms with Crippen LogP contribution >= 0.6 is 15.9 Å². The molecule has 0 aliphatic heterocycles. The number of fused-ring (bicyclic) bond motifs is 1. The molecule has 4 heteroatoms. The second-order valence-electron chi connectivity index (χ2n) is 3.42. The van der Waals surface area contributed by atoms with Gasteiger partial charge in [-0.05, 0) is 28.1 Å². The van der Waals surface area contributed by atoms with E-state index in [2.05, 4.69) is 20.5 Å². The van der Waals surface area contributed by atoms with E-state index < -0.39 is 0 Å². The molecule has 2 rings (SSSR count). The van der Waals surface area contributed by atoms with Gasteiger partial charge >= 0.3 is 0 Å². The third kappa shape index (κ3) is 1.54. The first-order chi connectivity index (χ1) is 7.19. The van der Waals surface area contributed by atoms with Crippen molar-refractivity contribution in [1.82, 2.24) is 4.57 Å². The lowest BCUT2D eigenvalue weighted by Gasteiger charge is -2.01. The van der Waals surface area contributed by atoms with Crippen molar-refractivity contribution in [2.45, 2.75) is 6.54 Å². The molecule has 0 radical (unpaired) electrons. The first kappa shape index (κ1) is 10.5. The Morgan fingerprint density at radius 3 is 2.80 bits per heavy atom. The topological polar surface area (TPSA) is 40.2 Å². The number of halogens is 1. The van der Waals surface area contributed by atoms with Gasteiger partial charge in [0.2, 0.25) is 0 Å². The Bertz CT molecular complexity index is 505. The number of aryl methyl sites for hydroxylation is 1. The average Bonchev–Trinajstić information content (AvgIpc) is 2.51. The largest absolute Gasteiger partial charge is 0.497 e. The lowest BCUT2D eigenvalue weighted by Crippen LogP contribution is -1.96. The summed E-state index contributed by atoms with van der Waals surface area (Å²) in [5.74, 6) is 0.860. The summed E-state index contributed by atoms with van der Waals surface area (Å²) >= 11 is 3.54. The SMILES string of the molecule is COc1ccc2c(CN)c(Br)n(C)c2c1. The maximum Gasteiger partial charge on any atom is 0.120 e. The fourth-order valence-corrected chi connectivity index (χ4v) is 2.35. The van der Waals surface area contributed by atoms with Crippen molar-refractivity contribution in [1.29, 1.82) is 0 Å². The number of nitrogens with zero attached hydrogens (tertiary/aromatic N) is 1. The molecule has 0 saturated carbocycles. The summed E-state index contributed by atoms with van der Waals surface area (Å²) < 4.78 is 8.31. The van der Waals surface area contributed by atoms with Gasteiger partial charge in [-0.3, -0.25) is 0 Å². The second kappa shape index (κ2) is 3.87. The Morgan fingerprint density at radius 2 is 2.20 bits per heavy atom. The highest BCUT2D eigenvalue weighted by molar-refractivity contribution is 9.10. The lowest BCUT2D eigenvalue weighted by atomic mass is 10.2. The Labute approximate surface area is 96.9 Å². The molecule has 0 spiro atoms. The van der Waals surface area contributed by atoms with E-state index >= 15 is 0 Å². The molecular weight excluding hydrogens is 256 g/mol. The van der Waals surface area contributed by atoms with Crippen LogP contribution in [0.5, 0.6) is 5.75 Å². The summed E-state index contributed by atoms with van der Waals surface area (Å²) in [6.07, 6.45) is 0.